The van der Waals surface area contributed by atoms with Crippen LogP contribution in [0.1, 0.15) is 0 Å². The fraction of sp³-hybridized carbons (Fsp3) is 0. The molecule has 0 rings (SSSR count). The third-order valence-corrected chi connectivity index (χ3v) is 0. The first-order valence-electron chi connectivity index (χ1n) is 1.83. The molecule has 0 amide bonds. The molecule has 153 valence electrons. The zero-order chi connectivity index (χ0) is 20.0. The average molecular weight is 1960 g/mol. The molecule has 0 aromatic carbocycles. The molecular formula is H10CuIn2Se21. The van der Waals surface area contributed by atoms with Crippen LogP contribution >= 0.6 is 0 Å². The molecule has 24 heavy (non-hydrogen) atoms. The first-order valence-corrected chi connectivity index (χ1v) is 49.3. The van der Waals surface area contributed by atoms with Gasteiger partial charge >= 0.3 is 359 Å². The Morgan fingerprint density at radius 3 is 0.250 bits per heavy atom. The third kappa shape index (κ3) is 237. The van der Waals surface area contributed by atoms with E-state index >= 15 is 0 Å². The van der Waals surface area contributed by atoms with E-state index in [4.69, 9.17) is 0 Å². The van der Waals surface area contributed by atoms with Gasteiger partial charge in [-0.05, 0) is 0 Å². The van der Waals surface area contributed by atoms with E-state index in [2.05, 4.69) is 273 Å². The molecule has 0 N–H and O–H groups in total. The van der Waals surface area contributed by atoms with E-state index in [1.54, 1.807) is 0 Å². The van der Waals surface area contributed by atoms with Crippen LogP contribution in [0.15, 0.2) is 0 Å². The summed E-state index contributed by atoms with van der Waals surface area (Å²) >= 11 is 47.5. The molecule has 0 saturated carbocycles. The van der Waals surface area contributed by atoms with Crippen LogP contribution in [0.4, 0.5) is 0 Å². The van der Waals surface area contributed by atoms with E-state index in [1.165, 1.54) is 0 Å². The maximum atomic E-state index is 2.56. The Bertz CT molecular complexity index is 49.0. The summed E-state index contributed by atoms with van der Waals surface area (Å²) in [4.78, 5) is 0. The van der Waals surface area contributed by atoms with Gasteiger partial charge in [0.25, 0.3) is 0 Å². The molecule has 0 atom stereocenters. The Hall–Kier alpha value is 13.2. The molecule has 24 heteroatoms. The topological polar surface area (TPSA) is 0 Å². The standard InChI is InChI=1S/Cu.2In.10HSe2.Se/c;;;10*1-2;/h;;;10*1H;/q+2;2*+3;10*-1;+2. The first-order chi connectivity index (χ1) is 10.0. The zero-order valence-corrected chi connectivity index (χ0v) is 55.6. The van der Waals surface area contributed by atoms with E-state index in [-0.39, 0.29) is 85.8 Å². The predicted molar refractivity (Wildman–Crippen MR) is 146 cm³/mol. The van der Waals surface area contributed by atoms with Crippen LogP contribution in [0.3, 0.4) is 0 Å². The molecule has 5 radical (unpaired) electrons. The Morgan fingerprint density at radius 1 is 0.250 bits per heavy atom. The summed E-state index contributed by atoms with van der Waals surface area (Å²) in [5.41, 5.74) is 0. The van der Waals surface area contributed by atoms with E-state index in [0.717, 1.165) is 0 Å². The van der Waals surface area contributed by atoms with Crippen molar-refractivity contribution in [3.05, 3.63) is 0 Å². The Labute approximate surface area is 348 Å². The number of hydrogen-bond acceptors (Lipinski definition) is 0. The molecule has 0 spiro atoms. The molecule has 0 heterocycles. The van der Waals surface area contributed by atoms with Crippen molar-refractivity contribution in [1.82, 2.24) is 0 Å². The van der Waals surface area contributed by atoms with Crippen LogP contribution in [-0.2, 0) is 17.1 Å². The van der Waals surface area contributed by atoms with Crippen LogP contribution < -0.4 is 0 Å². The van der Waals surface area contributed by atoms with Gasteiger partial charge < -0.3 is 0 Å². The van der Waals surface area contributed by atoms with E-state index in [0.29, 0.717) is 0 Å². The van der Waals surface area contributed by atoms with Crippen molar-refractivity contribution in [3.63, 3.8) is 0 Å². The summed E-state index contributed by atoms with van der Waals surface area (Å²) in [6, 6.07) is 0. The van der Waals surface area contributed by atoms with Gasteiger partial charge in [0.15, 0.2) is 0 Å². The van der Waals surface area contributed by atoms with Gasteiger partial charge in [-0.1, -0.05) is 0 Å². The molecule has 0 aliphatic carbocycles. The molecule has 0 aliphatic rings. The van der Waals surface area contributed by atoms with E-state index in [1.807, 2.05) is 0 Å². The van der Waals surface area contributed by atoms with Crippen molar-refractivity contribution in [2.24, 2.45) is 0 Å². The van der Waals surface area contributed by atoms with Gasteiger partial charge in [0, 0.05) is 0 Å². The van der Waals surface area contributed by atoms with Gasteiger partial charge in [0.05, 0.1) is 0 Å². The monoisotopic (exact) mass is 1980 g/mol. The summed E-state index contributed by atoms with van der Waals surface area (Å²) in [7, 11) is 0. The molecule has 0 fully saturated rings. The average Bonchev–Trinajstić information content (AvgIpc) is 2.71. The van der Waals surface area contributed by atoms with E-state index in [9.17, 15) is 0 Å². The maximum absolute atomic E-state index is 2.56. The minimum atomic E-state index is 0. The third-order valence-electron chi connectivity index (χ3n) is 0. The molecule has 0 saturated heterocycles. The van der Waals surface area contributed by atoms with Crippen molar-refractivity contribution in [2.45, 2.75) is 0 Å². The SMILES string of the molecule is [Cu+2].[In+3].[In+3].[Se+2].[Se]=[SeH-].[Se]=[SeH-].[Se]=[SeH-].[Se]=[SeH-].[Se]=[SeH-].[Se]=[SeH-].[Se]=[SeH-].[Se]=[SeH-].[Se]=[SeH-].[Se]=[SeH-]. The van der Waals surface area contributed by atoms with Crippen LogP contribution in [0, 0.1) is 0 Å². The first kappa shape index (κ1) is 90.6. The fourth-order valence-electron chi connectivity index (χ4n) is 0. The van der Waals surface area contributed by atoms with Gasteiger partial charge in [0.1, 0.15) is 0 Å². The van der Waals surface area contributed by atoms with Crippen LogP contribution in [0.5, 0.6) is 0 Å². The molecule has 0 bridgehead atoms. The predicted octanol–water partition coefficient (Wildman–Crippen LogP) is -11.4. The fourth-order valence-corrected chi connectivity index (χ4v) is 0. The zero-order valence-electron chi connectivity index (χ0n) is 10.4. The van der Waals surface area contributed by atoms with Gasteiger partial charge in [-0.3, -0.25) is 0 Å². The quantitative estimate of drug-likeness (QED) is 0.212. The normalized spacial score (nSPS) is 2.08. The van der Waals surface area contributed by atoms with Crippen molar-refractivity contribution < 1.29 is 17.1 Å². The molecule has 0 unspecified atom stereocenters. The molecule has 0 nitrogen and oxygen atoms in total. The Kier molecular flexibility index (Phi) is 974. The minimum absolute atomic E-state index is 0. The van der Waals surface area contributed by atoms with Gasteiger partial charge in [0.2, 0.25) is 0 Å². The van der Waals surface area contributed by atoms with Gasteiger partial charge in [-0.25, -0.2) is 0 Å². The Morgan fingerprint density at radius 2 is 0.250 bits per heavy atom. The van der Waals surface area contributed by atoms with Crippen molar-refractivity contribution in [1.29, 1.82) is 0 Å². The summed E-state index contributed by atoms with van der Waals surface area (Å²) in [6.07, 6.45) is 0. The number of hydrogen-bond donors (Lipinski definition) is 0. The second-order valence-electron chi connectivity index (χ2n) is 0. The number of rotatable bonds is 0. The second kappa shape index (κ2) is 258. The van der Waals surface area contributed by atoms with Crippen LogP contribution in [0.25, 0.3) is 0 Å². The van der Waals surface area contributed by atoms with Crippen molar-refractivity contribution >= 4 is 342 Å². The summed E-state index contributed by atoms with van der Waals surface area (Å²) in [5, 5.41) is 0. The molecule has 0 aliphatic heterocycles. The molecular weight excluding hydrogens is 1950 g/mol. The van der Waals surface area contributed by atoms with Crippen LogP contribution in [0.2, 0.25) is 0 Å². The molecule has 0 aromatic rings. The van der Waals surface area contributed by atoms with Crippen LogP contribution in [-0.4, -0.2) is 342 Å². The summed E-state index contributed by atoms with van der Waals surface area (Å²) in [6.45, 7) is 0. The van der Waals surface area contributed by atoms with Gasteiger partial charge in [-0.15, -0.1) is 0 Å². The van der Waals surface area contributed by atoms with Crippen molar-refractivity contribution in [2.75, 3.05) is 0 Å². The molecule has 0 aromatic heterocycles. The Balaban J connectivity index is -0.00000000379. The van der Waals surface area contributed by atoms with Gasteiger partial charge in [-0.2, -0.15) is 0 Å². The summed E-state index contributed by atoms with van der Waals surface area (Å²) in [5.74, 6) is 0. The van der Waals surface area contributed by atoms with E-state index < -0.39 is 0 Å². The second-order valence-corrected chi connectivity index (χ2v) is 0. The summed E-state index contributed by atoms with van der Waals surface area (Å²) < 4.78 is 0. The van der Waals surface area contributed by atoms with Crippen molar-refractivity contribution in [3.8, 4) is 0 Å².